The summed E-state index contributed by atoms with van der Waals surface area (Å²) in [7, 11) is 1.60. The van der Waals surface area contributed by atoms with E-state index in [0.717, 1.165) is 6.07 Å². The standard InChI is InChI=1S/C20H15FN4O4/c1-24-9-7-20(29,19(24)28)6-4-12-5-8-22-16(10-12)25-15-3-2-13(21)11-14(15)17(23-25)18(26)27/h2-3,5,8,10-11,29H,7,9H2,1H3,(H,26,27)/t20-/m0/s1. The van der Waals surface area contributed by atoms with Crippen LogP contribution in [0.2, 0.25) is 0 Å². The molecule has 2 aromatic heterocycles. The number of hydrogen-bond donors (Lipinski definition) is 2. The quantitative estimate of drug-likeness (QED) is 0.633. The number of pyridine rings is 1. The maximum atomic E-state index is 13.6. The zero-order chi connectivity index (χ0) is 20.8. The van der Waals surface area contributed by atoms with Gasteiger partial charge < -0.3 is 15.1 Å². The van der Waals surface area contributed by atoms with Gasteiger partial charge in [-0.1, -0.05) is 11.8 Å². The van der Waals surface area contributed by atoms with Gasteiger partial charge in [0.2, 0.25) is 5.60 Å². The average Bonchev–Trinajstić information content (AvgIpc) is 3.20. The number of fused-ring (bicyclic) bond motifs is 1. The van der Waals surface area contributed by atoms with Crippen LogP contribution in [-0.2, 0) is 4.79 Å². The summed E-state index contributed by atoms with van der Waals surface area (Å²) in [6, 6.07) is 6.85. The van der Waals surface area contributed by atoms with Gasteiger partial charge in [-0.2, -0.15) is 5.10 Å². The van der Waals surface area contributed by atoms with Gasteiger partial charge in [0.05, 0.1) is 5.52 Å². The molecule has 0 spiro atoms. The van der Waals surface area contributed by atoms with Gasteiger partial charge in [0, 0.05) is 37.2 Å². The Bertz CT molecular complexity index is 1230. The maximum absolute atomic E-state index is 13.6. The Hall–Kier alpha value is -3.77. The molecule has 1 aliphatic rings. The molecule has 4 rings (SSSR count). The molecule has 3 heterocycles. The number of benzene rings is 1. The average molecular weight is 394 g/mol. The molecule has 29 heavy (non-hydrogen) atoms. The zero-order valence-electron chi connectivity index (χ0n) is 15.3. The van der Waals surface area contributed by atoms with Crippen molar-refractivity contribution in [2.24, 2.45) is 0 Å². The minimum Gasteiger partial charge on any atom is -0.476 e. The van der Waals surface area contributed by atoms with Crippen molar-refractivity contribution in [2.75, 3.05) is 13.6 Å². The van der Waals surface area contributed by atoms with Gasteiger partial charge >= 0.3 is 5.97 Å². The first-order valence-electron chi connectivity index (χ1n) is 8.68. The number of carbonyl (C=O) groups is 2. The van der Waals surface area contributed by atoms with E-state index in [1.807, 2.05) is 0 Å². The molecule has 8 nitrogen and oxygen atoms in total. The van der Waals surface area contributed by atoms with Gasteiger partial charge in [-0.05, 0) is 30.3 Å². The number of aromatic nitrogens is 3. The number of halogens is 1. The first-order chi connectivity index (χ1) is 13.8. The van der Waals surface area contributed by atoms with Crippen molar-refractivity contribution >= 4 is 22.8 Å². The predicted molar refractivity (Wildman–Crippen MR) is 99.9 cm³/mol. The third kappa shape index (κ3) is 3.19. The molecule has 3 aromatic rings. The van der Waals surface area contributed by atoms with Crippen molar-refractivity contribution in [1.82, 2.24) is 19.7 Å². The van der Waals surface area contributed by atoms with Crippen molar-refractivity contribution < 1.29 is 24.2 Å². The van der Waals surface area contributed by atoms with Gasteiger partial charge in [-0.15, -0.1) is 0 Å². The molecule has 9 heteroatoms. The molecular weight excluding hydrogens is 379 g/mol. The molecule has 1 aliphatic heterocycles. The summed E-state index contributed by atoms with van der Waals surface area (Å²) in [5.41, 5.74) is -1.21. The Labute approximate surface area is 164 Å². The number of aromatic carboxylic acids is 1. The molecule has 2 N–H and O–H groups in total. The highest BCUT2D eigenvalue weighted by molar-refractivity contribution is 6.01. The molecule has 1 aromatic carbocycles. The monoisotopic (exact) mass is 394 g/mol. The summed E-state index contributed by atoms with van der Waals surface area (Å²) in [6.07, 6.45) is 1.66. The highest BCUT2D eigenvalue weighted by Gasteiger charge is 2.42. The number of carboxylic acid groups (broad SMARTS) is 1. The number of hydrogen-bond acceptors (Lipinski definition) is 5. The lowest BCUT2D eigenvalue weighted by Gasteiger charge is -2.13. The Balaban J connectivity index is 1.77. The zero-order valence-corrected chi connectivity index (χ0v) is 15.3. The summed E-state index contributed by atoms with van der Waals surface area (Å²) in [5, 5.41) is 24.0. The second-order valence-electron chi connectivity index (χ2n) is 6.72. The largest absolute Gasteiger partial charge is 0.476 e. The summed E-state index contributed by atoms with van der Waals surface area (Å²) in [4.78, 5) is 29.1. The van der Waals surface area contributed by atoms with Crippen LogP contribution in [0.4, 0.5) is 4.39 Å². The van der Waals surface area contributed by atoms with Crippen molar-refractivity contribution in [3.63, 3.8) is 0 Å². The Morgan fingerprint density at radius 2 is 2.10 bits per heavy atom. The van der Waals surface area contributed by atoms with E-state index in [1.165, 1.54) is 27.9 Å². The van der Waals surface area contributed by atoms with Gasteiger partial charge in [-0.3, -0.25) is 4.79 Å². The molecule has 1 amide bonds. The lowest BCUT2D eigenvalue weighted by molar-refractivity contribution is -0.137. The van der Waals surface area contributed by atoms with Crippen LogP contribution in [0.3, 0.4) is 0 Å². The fourth-order valence-electron chi connectivity index (χ4n) is 3.18. The summed E-state index contributed by atoms with van der Waals surface area (Å²) in [5.74, 6) is 3.33. The van der Waals surface area contributed by atoms with Gasteiger partial charge in [0.15, 0.2) is 11.5 Å². The SMILES string of the molecule is CN1CC[C@@](O)(C#Cc2ccnc(-n3nc(C(=O)O)c4cc(F)ccc43)c2)C1=O. The second kappa shape index (κ2) is 6.68. The molecule has 0 aliphatic carbocycles. The van der Waals surface area contributed by atoms with Crippen molar-refractivity contribution in [1.29, 1.82) is 0 Å². The molecule has 1 atom stereocenters. The molecule has 1 fully saturated rings. The fourth-order valence-corrected chi connectivity index (χ4v) is 3.18. The molecule has 0 unspecified atom stereocenters. The minimum atomic E-state index is -1.73. The maximum Gasteiger partial charge on any atom is 0.357 e. The molecular formula is C20H15FN4O4. The van der Waals surface area contributed by atoms with Crippen LogP contribution in [0.25, 0.3) is 16.7 Å². The van der Waals surface area contributed by atoms with Crippen molar-refractivity contribution in [3.8, 4) is 17.7 Å². The van der Waals surface area contributed by atoms with Gasteiger partial charge in [0.25, 0.3) is 5.91 Å². The van der Waals surface area contributed by atoms with E-state index in [2.05, 4.69) is 21.9 Å². The van der Waals surface area contributed by atoms with E-state index in [9.17, 15) is 24.2 Å². The summed E-state index contributed by atoms with van der Waals surface area (Å²) in [6.45, 7) is 0.416. The van der Waals surface area contributed by atoms with Crippen LogP contribution >= 0.6 is 0 Å². The van der Waals surface area contributed by atoms with Crippen LogP contribution in [0.5, 0.6) is 0 Å². The number of amides is 1. The topological polar surface area (TPSA) is 109 Å². The molecule has 0 saturated carbocycles. The Morgan fingerprint density at radius 1 is 1.31 bits per heavy atom. The normalized spacial score (nSPS) is 18.7. The highest BCUT2D eigenvalue weighted by Crippen LogP contribution is 2.23. The first-order valence-corrected chi connectivity index (χ1v) is 8.68. The van der Waals surface area contributed by atoms with Crippen molar-refractivity contribution in [3.05, 3.63) is 53.6 Å². The van der Waals surface area contributed by atoms with Crippen LogP contribution in [0.1, 0.15) is 22.5 Å². The Kier molecular flexibility index (Phi) is 4.28. The summed E-state index contributed by atoms with van der Waals surface area (Å²) < 4.78 is 14.9. The number of rotatable bonds is 2. The van der Waals surface area contributed by atoms with Gasteiger partial charge in [-0.25, -0.2) is 18.9 Å². The van der Waals surface area contributed by atoms with E-state index in [0.29, 0.717) is 17.6 Å². The highest BCUT2D eigenvalue weighted by atomic mass is 19.1. The lowest BCUT2D eigenvalue weighted by Crippen LogP contribution is -2.37. The number of carboxylic acids is 1. The molecule has 0 bridgehead atoms. The summed E-state index contributed by atoms with van der Waals surface area (Å²) >= 11 is 0. The number of nitrogens with zero attached hydrogens (tertiary/aromatic N) is 4. The molecule has 146 valence electrons. The van der Waals surface area contributed by atoms with E-state index in [-0.39, 0.29) is 23.3 Å². The predicted octanol–water partition coefficient (Wildman–Crippen LogP) is 1.20. The number of likely N-dealkylation sites (tertiary alicyclic amines) is 1. The minimum absolute atomic E-state index is 0.143. The van der Waals surface area contributed by atoms with Crippen LogP contribution in [0, 0.1) is 17.7 Å². The van der Waals surface area contributed by atoms with E-state index >= 15 is 0 Å². The second-order valence-corrected chi connectivity index (χ2v) is 6.72. The third-order valence-corrected chi connectivity index (χ3v) is 4.73. The third-order valence-electron chi connectivity index (χ3n) is 4.73. The van der Waals surface area contributed by atoms with Crippen LogP contribution in [-0.4, -0.2) is 60.9 Å². The van der Waals surface area contributed by atoms with Crippen LogP contribution in [0.15, 0.2) is 36.5 Å². The van der Waals surface area contributed by atoms with E-state index in [1.54, 1.807) is 19.2 Å². The van der Waals surface area contributed by atoms with Crippen LogP contribution < -0.4 is 0 Å². The van der Waals surface area contributed by atoms with Crippen molar-refractivity contribution in [2.45, 2.75) is 12.0 Å². The smallest absolute Gasteiger partial charge is 0.357 e. The van der Waals surface area contributed by atoms with E-state index in [4.69, 9.17) is 0 Å². The number of carbonyl (C=O) groups excluding carboxylic acids is 1. The number of aliphatic hydroxyl groups is 1. The molecule has 0 radical (unpaired) electrons. The first kappa shape index (κ1) is 18.6. The number of likely N-dealkylation sites (N-methyl/N-ethyl adjacent to an activating group) is 1. The molecule has 1 saturated heterocycles. The van der Waals surface area contributed by atoms with Gasteiger partial charge in [0.1, 0.15) is 5.82 Å². The lowest BCUT2D eigenvalue weighted by atomic mass is 10.0. The Morgan fingerprint density at radius 3 is 2.79 bits per heavy atom. The fraction of sp³-hybridized carbons (Fsp3) is 0.200. The van der Waals surface area contributed by atoms with E-state index < -0.39 is 23.3 Å².